The number of ether oxygens (including phenoxy) is 1. The standard InChI is InChI=1S/C21H21ClN2O4S/c1-21(2,3)28-20(25)19-17(13-5-9-15(22)10-6-13)18(23-24-19)14-7-11-16(12-8-14)29(4,26)27/h5-12H,1-4H3,(H,23,24). The van der Waals surface area contributed by atoms with E-state index in [0.29, 0.717) is 21.8 Å². The molecule has 0 saturated heterocycles. The number of aromatic amines is 1. The summed E-state index contributed by atoms with van der Waals surface area (Å²) in [5, 5.41) is 7.66. The van der Waals surface area contributed by atoms with Gasteiger partial charge in [0, 0.05) is 22.4 Å². The Morgan fingerprint density at radius 3 is 2.07 bits per heavy atom. The Hall–Kier alpha value is -2.64. The maximum Gasteiger partial charge on any atom is 0.357 e. The third-order valence-electron chi connectivity index (χ3n) is 4.06. The van der Waals surface area contributed by atoms with Gasteiger partial charge < -0.3 is 4.74 Å². The van der Waals surface area contributed by atoms with Gasteiger partial charge in [-0.05, 0) is 50.6 Å². The van der Waals surface area contributed by atoms with Crippen molar-refractivity contribution < 1.29 is 17.9 Å². The lowest BCUT2D eigenvalue weighted by Gasteiger charge is -2.19. The summed E-state index contributed by atoms with van der Waals surface area (Å²) in [6.45, 7) is 5.36. The summed E-state index contributed by atoms with van der Waals surface area (Å²) in [5.41, 5.74) is 2.00. The first-order valence-corrected chi connectivity index (χ1v) is 11.1. The first-order chi connectivity index (χ1) is 13.5. The summed E-state index contributed by atoms with van der Waals surface area (Å²) in [6, 6.07) is 13.4. The van der Waals surface area contributed by atoms with Gasteiger partial charge >= 0.3 is 5.97 Å². The molecule has 0 aliphatic heterocycles. The minimum atomic E-state index is -3.31. The molecule has 0 fully saturated rings. The Balaban J connectivity index is 2.15. The third-order valence-corrected chi connectivity index (χ3v) is 5.44. The Morgan fingerprint density at radius 2 is 1.55 bits per heavy atom. The Morgan fingerprint density at radius 1 is 1.00 bits per heavy atom. The van der Waals surface area contributed by atoms with Crippen LogP contribution < -0.4 is 0 Å². The van der Waals surface area contributed by atoms with Crippen molar-refractivity contribution in [3.63, 3.8) is 0 Å². The van der Waals surface area contributed by atoms with Gasteiger partial charge in [-0.1, -0.05) is 35.9 Å². The molecule has 0 radical (unpaired) electrons. The van der Waals surface area contributed by atoms with E-state index < -0.39 is 21.4 Å². The largest absolute Gasteiger partial charge is 0.455 e. The highest BCUT2D eigenvalue weighted by Crippen LogP contribution is 2.35. The number of nitrogens with zero attached hydrogens (tertiary/aromatic N) is 1. The monoisotopic (exact) mass is 432 g/mol. The van der Waals surface area contributed by atoms with Crippen molar-refractivity contribution in [2.75, 3.05) is 6.26 Å². The first-order valence-electron chi connectivity index (χ1n) is 8.84. The predicted octanol–water partition coefficient (Wildman–Crippen LogP) is 4.76. The maximum atomic E-state index is 12.8. The van der Waals surface area contributed by atoms with Gasteiger partial charge in [-0.25, -0.2) is 13.2 Å². The number of nitrogens with one attached hydrogen (secondary N) is 1. The molecule has 1 heterocycles. The lowest BCUT2D eigenvalue weighted by Crippen LogP contribution is -2.24. The molecular formula is C21H21ClN2O4S. The number of esters is 1. The van der Waals surface area contributed by atoms with E-state index in [2.05, 4.69) is 10.2 Å². The summed E-state index contributed by atoms with van der Waals surface area (Å²) in [5.74, 6) is -0.533. The van der Waals surface area contributed by atoms with Gasteiger partial charge in [0.1, 0.15) is 11.3 Å². The highest BCUT2D eigenvalue weighted by molar-refractivity contribution is 7.90. The molecule has 0 aliphatic carbocycles. The van der Waals surface area contributed by atoms with E-state index in [1.807, 2.05) is 0 Å². The quantitative estimate of drug-likeness (QED) is 0.600. The van der Waals surface area contributed by atoms with Crippen LogP contribution in [0, 0.1) is 0 Å². The van der Waals surface area contributed by atoms with Gasteiger partial charge in [-0.3, -0.25) is 5.10 Å². The minimum absolute atomic E-state index is 0.206. The molecule has 3 aromatic rings. The minimum Gasteiger partial charge on any atom is -0.455 e. The average molecular weight is 433 g/mol. The lowest BCUT2D eigenvalue weighted by molar-refractivity contribution is 0.00637. The zero-order valence-electron chi connectivity index (χ0n) is 16.5. The average Bonchev–Trinajstić information content (AvgIpc) is 3.05. The maximum absolute atomic E-state index is 12.8. The van der Waals surface area contributed by atoms with Crippen molar-refractivity contribution in [3.05, 3.63) is 59.2 Å². The van der Waals surface area contributed by atoms with Crippen LogP contribution in [-0.2, 0) is 14.6 Å². The molecule has 0 unspecified atom stereocenters. The highest BCUT2D eigenvalue weighted by atomic mass is 35.5. The second-order valence-electron chi connectivity index (χ2n) is 7.63. The fourth-order valence-electron chi connectivity index (χ4n) is 2.79. The second kappa shape index (κ2) is 7.65. The van der Waals surface area contributed by atoms with E-state index in [4.69, 9.17) is 16.3 Å². The van der Waals surface area contributed by atoms with Gasteiger partial charge in [-0.2, -0.15) is 5.10 Å². The van der Waals surface area contributed by atoms with E-state index in [9.17, 15) is 13.2 Å². The van der Waals surface area contributed by atoms with Crippen molar-refractivity contribution in [1.29, 1.82) is 0 Å². The SMILES string of the molecule is CC(C)(C)OC(=O)c1[nH]nc(-c2ccc(S(C)(=O)=O)cc2)c1-c1ccc(Cl)cc1. The van der Waals surface area contributed by atoms with Gasteiger partial charge in [0.25, 0.3) is 0 Å². The number of hydrogen-bond donors (Lipinski definition) is 1. The number of sulfone groups is 1. The molecule has 8 heteroatoms. The summed E-state index contributed by atoms with van der Waals surface area (Å²) in [6.07, 6.45) is 1.15. The molecule has 152 valence electrons. The molecule has 0 amide bonds. The first kappa shape index (κ1) is 21.1. The molecule has 2 aromatic carbocycles. The number of halogens is 1. The molecule has 0 atom stereocenters. The van der Waals surface area contributed by atoms with E-state index in [-0.39, 0.29) is 10.6 Å². The molecule has 3 rings (SSSR count). The predicted molar refractivity (Wildman–Crippen MR) is 113 cm³/mol. The molecule has 0 bridgehead atoms. The highest BCUT2D eigenvalue weighted by Gasteiger charge is 2.26. The molecule has 0 spiro atoms. The fourth-order valence-corrected chi connectivity index (χ4v) is 3.54. The number of H-pyrrole nitrogens is 1. The van der Waals surface area contributed by atoms with E-state index in [1.54, 1.807) is 57.2 Å². The molecule has 0 aliphatic rings. The van der Waals surface area contributed by atoms with Crippen LogP contribution in [-0.4, -0.2) is 36.4 Å². The zero-order valence-corrected chi connectivity index (χ0v) is 18.1. The fraction of sp³-hybridized carbons (Fsp3) is 0.238. The normalized spacial score (nSPS) is 12.0. The second-order valence-corrected chi connectivity index (χ2v) is 10.1. The molecule has 0 saturated carbocycles. The van der Waals surface area contributed by atoms with E-state index >= 15 is 0 Å². The van der Waals surface area contributed by atoms with Crippen molar-refractivity contribution in [2.45, 2.75) is 31.3 Å². The number of benzene rings is 2. The number of hydrogen-bond acceptors (Lipinski definition) is 5. The molecule has 1 N–H and O–H groups in total. The van der Waals surface area contributed by atoms with Crippen LogP contribution in [0.4, 0.5) is 0 Å². The Bertz CT molecular complexity index is 1140. The van der Waals surface area contributed by atoms with Crippen molar-refractivity contribution in [2.24, 2.45) is 0 Å². The molecule has 29 heavy (non-hydrogen) atoms. The Labute approximate surface area is 174 Å². The van der Waals surface area contributed by atoms with E-state index in [1.165, 1.54) is 12.1 Å². The van der Waals surface area contributed by atoms with Crippen LogP contribution in [0.1, 0.15) is 31.3 Å². The summed E-state index contributed by atoms with van der Waals surface area (Å²) in [4.78, 5) is 13.0. The van der Waals surface area contributed by atoms with Crippen LogP contribution in [0.5, 0.6) is 0 Å². The number of rotatable bonds is 4. The third kappa shape index (κ3) is 4.86. The molecular weight excluding hydrogens is 412 g/mol. The summed E-state index contributed by atoms with van der Waals surface area (Å²) in [7, 11) is -3.31. The van der Waals surface area contributed by atoms with Crippen LogP contribution >= 0.6 is 11.6 Å². The van der Waals surface area contributed by atoms with Gasteiger partial charge in [0.05, 0.1) is 4.90 Å². The lowest BCUT2D eigenvalue weighted by atomic mass is 9.99. The van der Waals surface area contributed by atoms with Gasteiger partial charge in [0.15, 0.2) is 15.5 Å². The smallest absolute Gasteiger partial charge is 0.357 e. The number of carbonyl (C=O) groups excluding carboxylic acids is 1. The van der Waals surface area contributed by atoms with Crippen LogP contribution in [0.25, 0.3) is 22.4 Å². The van der Waals surface area contributed by atoms with Crippen LogP contribution in [0.2, 0.25) is 5.02 Å². The van der Waals surface area contributed by atoms with Crippen molar-refractivity contribution in [3.8, 4) is 22.4 Å². The van der Waals surface area contributed by atoms with Gasteiger partial charge in [-0.15, -0.1) is 0 Å². The number of aromatic nitrogens is 2. The van der Waals surface area contributed by atoms with E-state index in [0.717, 1.165) is 11.8 Å². The van der Waals surface area contributed by atoms with Crippen LogP contribution in [0.3, 0.4) is 0 Å². The summed E-state index contributed by atoms with van der Waals surface area (Å²) >= 11 is 6.01. The zero-order chi connectivity index (χ0) is 21.4. The topological polar surface area (TPSA) is 89.1 Å². The van der Waals surface area contributed by atoms with Gasteiger partial charge in [0.2, 0.25) is 0 Å². The number of carbonyl (C=O) groups is 1. The molecule has 6 nitrogen and oxygen atoms in total. The van der Waals surface area contributed by atoms with Crippen molar-refractivity contribution in [1.82, 2.24) is 10.2 Å². The van der Waals surface area contributed by atoms with Crippen LogP contribution in [0.15, 0.2) is 53.4 Å². The summed E-state index contributed by atoms with van der Waals surface area (Å²) < 4.78 is 29.0. The molecule has 1 aromatic heterocycles. The van der Waals surface area contributed by atoms with Crippen molar-refractivity contribution >= 4 is 27.4 Å². The Kier molecular flexibility index (Phi) is 5.56.